The first kappa shape index (κ1) is 23.7. The Balaban J connectivity index is 0.00000364. The van der Waals surface area contributed by atoms with Gasteiger partial charge in [-0.1, -0.05) is 30.3 Å². The van der Waals surface area contributed by atoms with E-state index in [1.54, 1.807) is 14.1 Å². The van der Waals surface area contributed by atoms with Gasteiger partial charge < -0.3 is 16.0 Å². The highest BCUT2D eigenvalue weighted by Crippen LogP contribution is 2.19. The van der Waals surface area contributed by atoms with Crippen molar-refractivity contribution in [3.63, 3.8) is 0 Å². The summed E-state index contributed by atoms with van der Waals surface area (Å²) in [5.41, 5.74) is 0.869. The lowest BCUT2D eigenvalue weighted by Gasteiger charge is -2.27. The van der Waals surface area contributed by atoms with Crippen molar-refractivity contribution in [2.24, 2.45) is 10.4 Å². The van der Waals surface area contributed by atoms with Crippen molar-refractivity contribution in [2.75, 3.05) is 33.7 Å². The predicted octanol–water partition coefficient (Wildman–Crippen LogP) is 2.21. The second-order valence-corrected chi connectivity index (χ2v) is 7.52. The third-order valence-electron chi connectivity index (χ3n) is 5.00. The largest absolute Gasteiger partial charge is 0.359 e. The van der Waals surface area contributed by atoms with Gasteiger partial charge in [0.2, 0.25) is 5.91 Å². The maximum absolute atomic E-state index is 11.9. The first-order chi connectivity index (χ1) is 12.5. The van der Waals surface area contributed by atoms with Crippen LogP contribution in [-0.4, -0.2) is 56.5 Å². The predicted molar refractivity (Wildman–Crippen MR) is 123 cm³/mol. The van der Waals surface area contributed by atoms with Crippen molar-refractivity contribution in [1.29, 1.82) is 0 Å². The molecule has 1 aliphatic heterocycles. The van der Waals surface area contributed by atoms with E-state index in [9.17, 15) is 4.79 Å². The van der Waals surface area contributed by atoms with Crippen LogP contribution in [0.3, 0.4) is 0 Å². The van der Waals surface area contributed by atoms with Crippen LogP contribution in [0.1, 0.15) is 32.3 Å². The molecule has 7 heteroatoms. The Morgan fingerprint density at radius 2 is 1.96 bits per heavy atom. The van der Waals surface area contributed by atoms with Crippen molar-refractivity contribution in [2.45, 2.75) is 39.3 Å². The Morgan fingerprint density at radius 1 is 1.26 bits per heavy atom. The van der Waals surface area contributed by atoms with Crippen molar-refractivity contribution in [1.82, 2.24) is 20.9 Å². The molecule has 27 heavy (non-hydrogen) atoms. The monoisotopic (exact) mass is 487 g/mol. The average Bonchev–Trinajstić information content (AvgIpc) is 3.09. The Kier molecular flexibility index (Phi) is 10.1. The van der Waals surface area contributed by atoms with Crippen LogP contribution < -0.4 is 16.0 Å². The molecule has 0 spiro atoms. The topological polar surface area (TPSA) is 68.8 Å². The number of nitrogens with one attached hydrogen (secondary N) is 3. The Labute approximate surface area is 180 Å². The summed E-state index contributed by atoms with van der Waals surface area (Å²) < 4.78 is 0. The third-order valence-corrected chi connectivity index (χ3v) is 5.00. The van der Waals surface area contributed by atoms with Gasteiger partial charge in [0.25, 0.3) is 0 Å². The lowest BCUT2D eigenvalue weighted by molar-refractivity contribution is -0.128. The minimum Gasteiger partial charge on any atom is -0.359 e. The van der Waals surface area contributed by atoms with E-state index >= 15 is 0 Å². The van der Waals surface area contributed by atoms with Crippen LogP contribution in [0.5, 0.6) is 0 Å². The summed E-state index contributed by atoms with van der Waals surface area (Å²) in [7, 11) is 3.43. The number of likely N-dealkylation sites (tertiary alicyclic amines) is 1. The van der Waals surface area contributed by atoms with E-state index in [1.807, 2.05) is 13.8 Å². The maximum Gasteiger partial charge on any atom is 0.227 e. The standard InChI is InChI=1S/C20H33N5O.HI/c1-20(2,18(26)21-3)15-24-19(22-4)23-13-17-11-8-12-25(17)14-16-9-6-5-7-10-16;/h5-7,9-10,17H,8,11-15H2,1-4H3,(H,21,26)(H2,22,23,24);1H. The average molecular weight is 487 g/mol. The molecule has 1 fully saturated rings. The number of nitrogens with zero attached hydrogens (tertiary/aromatic N) is 2. The second-order valence-electron chi connectivity index (χ2n) is 7.52. The molecular weight excluding hydrogens is 453 g/mol. The number of carbonyl (C=O) groups is 1. The van der Waals surface area contributed by atoms with Crippen molar-refractivity contribution in [3.8, 4) is 0 Å². The highest BCUT2D eigenvalue weighted by Gasteiger charge is 2.27. The molecule has 0 aromatic heterocycles. The van der Waals surface area contributed by atoms with E-state index < -0.39 is 5.41 Å². The summed E-state index contributed by atoms with van der Waals surface area (Å²) >= 11 is 0. The second kappa shape index (κ2) is 11.5. The molecular formula is C20H34IN5O. The van der Waals surface area contributed by atoms with Gasteiger partial charge in [-0.15, -0.1) is 24.0 Å². The molecule has 2 rings (SSSR count). The number of amides is 1. The van der Waals surface area contributed by atoms with Crippen LogP contribution in [0.4, 0.5) is 0 Å². The van der Waals surface area contributed by atoms with Crippen LogP contribution in [0.15, 0.2) is 35.3 Å². The summed E-state index contributed by atoms with van der Waals surface area (Å²) in [5, 5.41) is 9.40. The first-order valence-corrected chi connectivity index (χ1v) is 9.41. The summed E-state index contributed by atoms with van der Waals surface area (Å²) in [5.74, 6) is 0.763. The van der Waals surface area contributed by atoms with Crippen molar-refractivity contribution < 1.29 is 4.79 Å². The van der Waals surface area contributed by atoms with Gasteiger partial charge in [-0.05, 0) is 38.8 Å². The molecule has 0 saturated carbocycles. The normalized spacial score (nSPS) is 17.9. The molecule has 1 unspecified atom stereocenters. The van der Waals surface area contributed by atoms with E-state index in [1.165, 1.54) is 18.4 Å². The molecule has 1 saturated heterocycles. The van der Waals surface area contributed by atoms with Crippen molar-refractivity contribution >= 4 is 35.8 Å². The number of hydrogen-bond acceptors (Lipinski definition) is 3. The fourth-order valence-electron chi connectivity index (χ4n) is 3.31. The molecule has 0 bridgehead atoms. The molecule has 1 aromatic carbocycles. The molecule has 152 valence electrons. The summed E-state index contributed by atoms with van der Waals surface area (Å²) in [6, 6.07) is 11.1. The minimum atomic E-state index is -0.487. The maximum atomic E-state index is 11.9. The van der Waals surface area contributed by atoms with E-state index in [0.717, 1.165) is 25.6 Å². The SMILES string of the molecule is CN=C(NCC1CCCN1Cc1ccccc1)NCC(C)(C)C(=O)NC.I. The van der Waals surface area contributed by atoms with Gasteiger partial charge in [-0.2, -0.15) is 0 Å². The molecule has 1 heterocycles. The number of benzene rings is 1. The van der Waals surface area contributed by atoms with E-state index in [4.69, 9.17) is 0 Å². The minimum absolute atomic E-state index is 0. The zero-order valence-corrected chi connectivity index (χ0v) is 19.2. The lowest BCUT2D eigenvalue weighted by atomic mass is 9.92. The van der Waals surface area contributed by atoms with Gasteiger partial charge in [0, 0.05) is 39.8 Å². The number of hydrogen-bond donors (Lipinski definition) is 3. The van der Waals surface area contributed by atoms with E-state index in [2.05, 4.69) is 56.2 Å². The fourth-order valence-corrected chi connectivity index (χ4v) is 3.31. The van der Waals surface area contributed by atoms with E-state index in [0.29, 0.717) is 12.6 Å². The molecule has 1 aromatic rings. The summed E-state index contributed by atoms with van der Waals surface area (Å²) in [4.78, 5) is 18.7. The zero-order chi connectivity index (χ0) is 19.0. The van der Waals surface area contributed by atoms with Crippen molar-refractivity contribution in [3.05, 3.63) is 35.9 Å². The summed E-state index contributed by atoms with van der Waals surface area (Å²) in [6.07, 6.45) is 2.43. The van der Waals surface area contributed by atoms with Gasteiger partial charge in [0.1, 0.15) is 0 Å². The van der Waals surface area contributed by atoms with Gasteiger partial charge in [-0.3, -0.25) is 14.7 Å². The molecule has 0 aliphatic carbocycles. The number of carbonyl (C=O) groups excluding carboxylic acids is 1. The molecule has 1 atom stereocenters. The van der Waals surface area contributed by atoms with Crippen LogP contribution in [0.25, 0.3) is 0 Å². The van der Waals surface area contributed by atoms with Gasteiger partial charge in [-0.25, -0.2) is 0 Å². The first-order valence-electron chi connectivity index (χ1n) is 9.41. The highest BCUT2D eigenvalue weighted by atomic mass is 127. The van der Waals surface area contributed by atoms with Crippen LogP contribution in [-0.2, 0) is 11.3 Å². The Hall–Kier alpha value is -1.35. The highest BCUT2D eigenvalue weighted by molar-refractivity contribution is 14.0. The van der Waals surface area contributed by atoms with Crippen LogP contribution in [0.2, 0.25) is 0 Å². The van der Waals surface area contributed by atoms with Crippen LogP contribution in [0, 0.1) is 5.41 Å². The van der Waals surface area contributed by atoms with Crippen LogP contribution >= 0.6 is 24.0 Å². The zero-order valence-electron chi connectivity index (χ0n) is 16.9. The van der Waals surface area contributed by atoms with Gasteiger partial charge >= 0.3 is 0 Å². The van der Waals surface area contributed by atoms with E-state index in [-0.39, 0.29) is 29.9 Å². The number of aliphatic imine (C=N–C) groups is 1. The van der Waals surface area contributed by atoms with Gasteiger partial charge in [0.05, 0.1) is 5.41 Å². The quantitative estimate of drug-likeness (QED) is 0.314. The number of halogens is 1. The lowest BCUT2D eigenvalue weighted by Crippen LogP contribution is -2.49. The molecule has 0 radical (unpaired) electrons. The van der Waals surface area contributed by atoms with Gasteiger partial charge in [0.15, 0.2) is 5.96 Å². The molecule has 6 nitrogen and oxygen atoms in total. The molecule has 1 amide bonds. The Morgan fingerprint density at radius 3 is 2.59 bits per heavy atom. The Bertz CT molecular complexity index is 606. The smallest absolute Gasteiger partial charge is 0.227 e. The number of guanidine groups is 1. The number of rotatable bonds is 7. The fraction of sp³-hybridized carbons (Fsp3) is 0.600. The molecule has 3 N–H and O–H groups in total. The summed E-state index contributed by atoms with van der Waals surface area (Å²) in [6.45, 7) is 7.35. The molecule has 1 aliphatic rings. The third kappa shape index (κ3) is 7.29.